The van der Waals surface area contributed by atoms with Crippen molar-refractivity contribution in [1.29, 1.82) is 0 Å². The van der Waals surface area contributed by atoms with Crippen LogP contribution in [0.1, 0.15) is 60.8 Å². The van der Waals surface area contributed by atoms with Gasteiger partial charge in [-0.2, -0.15) is 0 Å². The van der Waals surface area contributed by atoms with Crippen LogP contribution in [0.4, 0.5) is 0 Å². The van der Waals surface area contributed by atoms with Gasteiger partial charge in [0.1, 0.15) is 0 Å². The number of aliphatic hydroxyl groups excluding tert-OH is 3. The number of hydrogen-bond acceptors (Lipinski definition) is 6. The molecule has 0 aliphatic carbocycles. The predicted octanol–water partition coefficient (Wildman–Crippen LogP) is 4.28. The molecule has 0 rings (SSSR count). The largest absolute Gasteiger partial charge is 0.512 e. The summed E-state index contributed by atoms with van der Waals surface area (Å²) >= 11 is 0. The van der Waals surface area contributed by atoms with Crippen LogP contribution in [0.5, 0.6) is 0 Å². The van der Waals surface area contributed by atoms with Gasteiger partial charge in [-0.3, -0.25) is 14.4 Å². The number of aliphatic hydroxyl groups is 3. The van der Waals surface area contributed by atoms with Crippen molar-refractivity contribution >= 4 is 17.3 Å². The second-order valence-electron chi connectivity index (χ2n) is 4.80. The first kappa shape index (κ1) is 31.0. The molecule has 6 nitrogen and oxygen atoms in total. The molecular weight excluding hydrogens is 364 g/mol. The molecule has 144 valence electrons. The average molecular weight is 394 g/mol. The summed E-state index contributed by atoms with van der Waals surface area (Å²) in [5.41, 5.74) is 0. The van der Waals surface area contributed by atoms with Gasteiger partial charge in [0, 0.05) is 54.9 Å². The smallest absolute Gasteiger partial charge is 0.155 e. The zero-order chi connectivity index (χ0) is 19.7. The molecule has 0 aromatic carbocycles. The summed E-state index contributed by atoms with van der Waals surface area (Å²) in [5.74, 6) is 0.130. The molecule has 0 aliphatic rings. The Labute approximate surface area is 161 Å². The zero-order valence-electron chi connectivity index (χ0n) is 15.8. The molecule has 0 aromatic heterocycles. The molecule has 0 atom stereocenters. The van der Waals surface area contributed by atoms with Crippen LogP contribution >= 0.6 is 0 Å². The SMILES string of the molecule is CC/C(O)=C/C(C)=O.CC/C(O)=C/C(C)=O.CC/C(O)=C/C(C)=O.[Cr]. The molecule has 0 saturated carbocycles. The Morgan fingerprint density at radius 2 is 0.760 bits per heavy atom. The van der Waals surface area contributed by atoms with E-state index in [4.69, 9.17) is 15.3 Å². The van der Waals surface area contributed by atoms with E-state index in [0.717, 1.165) is 0 Å². The summed E-state index contributed by atoms with van der Waals surface area (Å²) in [4.78, 5) is 30.5. The molecule has 0 amide bonds. The van der Waals surface area contributed by atoms with E-state index in [0.29, 0.717) is 19.3 Å². The summed E-state index contributed by atoms with van der Waals surface area (Å²) in [6, 6.07) is 0. The molecule has 25 heavy (non-hydrogen) atoms. The molecule has 0 aliphatic heterocycles. The molecule has 7 heteroatoms. The van der Waals surface area contributed by atoms with E-state index in [1.807, 2.05) is 0 Å². The molecule has 0 spiro atoms. The van der Waals surface area contributed by atoms with E-state index in [1.54, 1.807) is 20.8 Å². The molecule has 0 radical (unpaired) electrons. The first-order valence-corrected chi connectivity index (χ1v) is 7.70. The van der Waals surface area contributed by atoms with Crippen molar-refractivity contribution in [1.82, 2.24) is 0 Å². The second-order valence-corrected chi connectivity index (χ2v) is 4.80. The monoisotopic (exact) mass is 394 g/mol. The average Bonchev–Trinajstić information content (AvgIpc) is 2.46. The normalized spacial score (nSPS) is 11.0. The van der Waals surface area contributed by atoms with Crippen LogP contribution in [-0.2, 0) is 31.7 Å². The van der Waals surface area contributed by atoms with Crippen LogP contribution in [0.2, 0.25) is 0 Å². The van der Waals surface area contributed by atoms with E-state index in [2.05, 4.69) is 0 Å². The van der Waals surface area contributed by atoms with E-state index in [-0.39, 0.29) is 52.0 Å². The van der Waals surface area contributed by atoms with Crippen LogP contribution in [0.3, 0.4) is 0 Å². The van der Waals surface area contributed by atoms with Gasteiger partial charge in [-0.1, -0.05) is 20.8 Å². The third-order valence-corrected chi connectivity index (χ3v) is 2.20. The van der Waals surface area contributed by atoms with E-state index < -0.39 is 0 Å². The number of ketones is 3. The van der Waals surface area contributed by atoms with Crippen molar-refractivity contribution < 1.29 is 47.1 Å². The number of allylic oxidation sites excluding steroid dienone is 6. The zero-order valence-corrected chi connectivity index (χ0v) is 17.1. The Morgan fingerprint density at radius 1 is 0.600 bits per heavy atom. The molecule has 0 unspecified atom stereocenters. The fourth-order valence-corrected chi connectivity index (χ4v) is 1.01. The topological polar surface area (TPSA) is 112 Å². The van der Waals surface area contributed by atoms with Gasteiger partial charge in [0.25, 0.3) is 0 Å². The van der Waals surface area contributed by atoms with Gasteiger partial charge in [0.05, 0.1) is 17.3 Å². The molecule has 0 saturated heterocycles. The molecule has 0 aromatic rings. The Balaban J connectivity index is -0.000000130. The minimum absolute atomic E-state index is 0. The van der Waals surface area contributed by atoms with Crippen molar-refractivity contribution in [3.63, 3.8) is 0 Å². The summed E-state index contributed by atoms with van der Waals surface area (Å²) in [7, 11) is 0. The third kappa shape index (κ3) is 34.5. The van der Waals surface area contributed by atoms with Gasteiger partial charge >= 0.3 is 0 Å². The van der Waals surface area contributed by atoms with E-state index >= 15 is 0 Å². The first-order valence-electron chi connectivity index (χ1n) is 7.70. The van der Waals surface area contributed by atoms with E-state index in [9.17, 15) is 14.4 Å². The Morgan fingerprint density at radius 3 is 0.800 bits per heavy atom. The van der Waals surface area contributed by atoms with Gasteiger partial charge in [0.15, 0.2) is 17.3 Å². The van der Waals surface area contributed by atoms with Crippen LogP contribution < -0.4 is 0 Å². The summed E-state index contributed by atoms with van der Waals surface area (Å²) in [5, 5.41) is 26.0. The minimum atomic E-state index is -0.107. The van der Waals surface area contributed by atoms with Crippen molar-refractivity contribution in [3.05, 3.63) is 35.5 Å². The summed E-state index contributed by atoms with van der Waals surface area (Å²) in [6.07, 6.45) is 5.25. The predicted molar refractivity (Wildman–Crippen MR) is 95.1 cm³/mol. The van der Waals surface area contributed by atoms with Gasteiger partial charge < -0.3 is 15.3 Å². The van der Waals surface area contributed by atoms with Crippen molar-refractivity contribution in [2.24, 2.45) is 0 Å². The summed E-state index contributed by atoms with van der Waals surface area (Å²) in [6.45, 7) is 9.59. The number of hydrogen-bond donors (Lipinski definition) is 3. The second kappa shape index (κ2) is 20.2. The molecule has 0 fully saturated rings. The maximum atomic E-state index is 10.2. The maximum absolute atomic E-state index is 10.2. The van der Waals surface area contributed by atoms with Crippen molar-refractivity contribution in [2.45, 2.75) is 60.8 Å². The minimum Gasteiger partial charge on any atom is -0.512 e. The van der Waals surface area contributed by atoms with Crippen LogP contribution in [0, 0.1) is 0 Å². The van der Waals surface area contributed by atoms with Gasteiger partial charge in [0.2, 0.25) is 0 Å². The standard InChI is InChI=1S/3C6H10O2.Cr/c3*1-3-6(8)4-5(2)7;/h3*4,8H,3H2,1-2H3;/b3*6-4-;. The third-order valence-electron chi connectivity index (χ3n) is 2.20. The molecular formula is C18H30CrO6. The van der Waals surface area contributed by atoms with Crippen molar-refractivity contribution in [3.8, 4) is 0 Å². The van der Waals surface area contributed by atoms with Gasteiger partial charge in [-0.05, 0) is 20.8 Å². The Hall–Kier alpha value is -1.84. The summed E-state index contributed by atoms with van der Waals surface area (Å²) < 4.78 is 0. The number of rotatable bonds is 6. The molecule has 3 N–H and O–H groups in total. The molecule has 0 bridgehead atoms. The van der Waals surface area contributed by atoms with Crippen molar-refractivity contribution in [2.75, 3.05) is 0 Å². The van der Waals surface area contributed by atoms with Gasteiger partial charge in [-0.15, -0.1) is 0 Å². The quantitative estimate of drug-likeness (QED) is 0.458. The van der Waals surface area contributed by atoms with E-state index in [1.165, 1.54) is 39.0 Å². The Kier molecular flexibility index (Phi) is 25.0. The number of carbonyl (C=O) groups is 3. The van der Waals surface area contributed by atoms with Crippen LogP contribution in [0.15, 0.2) is 35.5 Å². The maximum Gasteiger partial charge on any atom is 0.155 e. The van der Waals surface area contributed by atoms with Gasteiger partial charge in [-0.25, -0.2) is 0 Å². The number of carbonyl (C=O) groups excluding carboxylic acids is 3. The van der Waals surface area contributed by atoms with Crippen LogP contribution in [0.25, 0.3) is 0 Å². The molecule has 0 heterocycles. The fourth-order valence-electron chi connectivity index (χ4n) is 1.01. The fraction of sp³-hybridized carbons (Fsp3) is 0.500. The van der Waals surface area contributed by atoms with Crippen LogP contribution in [-0.4, -0.2) is 32.7 Å². The first-order chi connectivity index (χ1) is 11.0. The Bertz CT molecular complexity index is 418.